The van der Waals surface area contributed by atoms with Crippen LogP contribution < -0.4 is 5.43 Å². The minimum absolute atomic E-state index is 0.0360. The van der Waals surface area contributed by atoms with Gasteiger partial charge < -0.3 is 4.42 Å². The van der Waals surface area contributed by atoms with Gasteiger partial charge in [-0.25, -0.2) is 9.97 Å². The molecule has 0 aliphatic heterocycles. The van der Waals surface area contributed by atoms with Crippen molar-refractivity contribution in [1.29, 1.82) is 0 Å². The van der Waals surface area contributed by atoms with E-state index in [1.54, 1.807) is 0 Å². The van der Waals surface area contributed by atoms with Crippen LogP contribution in [0.25, 0.3) is 78.1 Å². The molecule has 6 aromatic carbocycles. The van der Waals surface area contributed by atoms with Crippen LogP contribution in [0.3, 0.4) is 0 Å². The first-order chi connectivity index (χ1) is 22.2. The van der Waals surface area contributed by atoms with E-state index >= 15 is 0 Å². The molecule has 0 radical (unpaired) electrons. The van der Waals surface area contributed by atoms with Gasteiger partial charge in [0.2, 0.25) is 5.43 Å². The Morgan fingerprint density at radius 3 is 1.58 bits per heavy atom. The zero-order chi connectivity index (χ0) is 30.2. The molecule has 0 atom stereocenters. The predicted molar refractivity (Wildman–Crippen MR) is 183 cm³/mol. The number of nitrogens with zero attached hydrogens (tertiary/aromatic N) is 2. The van der Waals surface area contributed by atoms with Crippen LogP contribution in [-0.2, 0) is 0 Å². The number of para-hydroxylation sites is 1. The van der Waals surface area contributed by atoms with Crippen LogP contribution in [0.5, 0.6) is 0 Å². The first kappa shape index (κ1) is 26.5. The molecule has 0 N–H and O–H groups in total. The number of fused-ring (bicyclic) bond motifs is 2. The van der Waals surface area contributed by atoms with Gasteiger partial charge in [0.25, 0.3) is 0 Å². The van der Waals surface area contributed by atoms with Crippen molar-refractivity contribution in [2.24, 2.45) is 0 Å². The molecule has 4 nitrogen and oxygen atoms in total. The summed E-state index contributed by atoms with van der Waals surface area (Å²) >= 11 is 0. The van der Waals surface area contributed by atoms with E-state index in [0.717, 1.165) is 50.3 Å². The van der Waals surface area contributed by atoms with E-state index in [-0.39, 0.29) is 5.43 Å². The monoisotopic (exact) mass is 578 g/mol. The van der Waals surface area contributed by atoms with Gasteiger partial charge in [0.05, 0.1) is 22.2 Å². The molecular formula is C41H26N2O2. The van der Waals surface area contributed by atoms with E-state index < -0.39 is 0 Å². The highest BCUT2D eigenvalue weighted by Crippen LogP contribution is 2.39. The molecular weight excluding hydrogens is 552 g/mol. The van der Waals surface area contributed by atoms with Gasteiger partial charge in [0, 0.05) is 16.7 Å². The Kier molecular flexibility index (Phi) is 6.58. The summed E-state index contributed by atoms with van der Waals surface area (Å²) in [6.45, 7) is 0. The molecule has 0 bridgehead atoms. The SMILES string of the molecule is O=c1c2ccccc2oc2ccc(-c3ccccc3-c3ccccc3-c3nc(-c4ccccc4)cc(-c4ccccc4)n3)cc12. The van der Waals surface area contributed by atoms with Crippen molar-refractivity contribution in [3.05, 3.63) is 168 Å². The molecule has 0 aliphatic carbocycles. The highest BCUT2D eigenvalue weighted by molar-refractivity contribution is 5.96. The van der Waals surface area contributed by atoms with Crippen LogP contribution in [0.1, 0.15) is 0 Å². The number of rotatable bonds is 5. The van der Waals surface area contributed by atoms with E-state index in [1.165, 1.54) is 0 Å². The second kappa shape index (κ2) is 11.2. The Balaban J connectivity index is 1.32. The predicted octanol–water partition coefficient (Wildman–Crippen LogP) is 10.1. The lowest BCUT2D eigenvalue weighted by molar-refractivity contribution is 0.660. The maximum Gasteiger partial charge on any atom is 0.200 e. The summed E-state index contributed by atoms with van der Waals surface area (Å²) in [5.41, 5.74) is 9.77. The summed E-state index contributed by atoms with van der Waals surface area (Å²) in [6.07, 6.45) is 0. The Bertz CT molecular complexity index is 2340. The van der Waals surface area contributed by atoms with Crippen molar-refractivity contribution >= 4 is 21.9 Å². The average molecular weight is 579 g/mol. The Morgan fingerprint density at radius 1 is 0.400 bits per heavy atom. The van der Waals surface area contributed by atoms with Crippen molar-refractivity contribution in [1.82, 2.24) is 9.97 Å². The first-order valence-electron chi connectivity index (χ1n) is 14.9. The van der Waals surface area contributed by atoms with Crippen LogP contribution in [0.4, 0.5) is 0 Å². The Morgan fingerprint density at radius 2 is 0.911 bits per heavy atom. The molecule has 8 rings (SSSR count). The van der Waals surface area contributed by atoms with Gasteiger partial charge in [-0.05, 0) is 52.6 Å². The minimum Gasteiger partial charge on any atom is -0.456 e. The van der Waals surface area contributed by atoms with Crippen LogP contribution in [-0.4, -0.2) is 9.97 Å². The summed E-state index contributed by atoms with van der Waals surface area (Å²) in [5, 5.41) is 1.13. The van der Waals surface area contributed by atoms with Crippen molar-refractivity contribution in [2.75, 3.05) is 0 Å². The van der Waals surface area contributed by atoms with E-state index in [0.29, 0.717) is 27.8 Å². The maximum absolute atomic E-state index is 13.5. The smallest absolute Gasteiger partial charge is 0.200 e. The van der Waals surface area contributed by atoms with Crippen molar-refractivity contribution in [2.45, 2.75) is 0 Å². The molecule has 0 aliphatic rings. The van der Waals surface area contributed by atoms with Crippen LogP contribution in [0.2, 0.25) is 0 Å². The quantitative estimate of drug-likeness (QED) is 0.191. The topological polar surface area (TPSA) is 56.0 Å². The molecule has 2 aromatic heterocycles. The van der Waals surface area contributed by atoms with E-state index in [1.807, 2.05) is 103 Å². The molecule has 0 saturated heterocycles. The minimum atomic E-state index is -0.0360. The fourth-order valence-corrected chi connectivity index (χ4v) is 5.93. The van der Waals surface area contributed by atoms with Gasteiger partial charge in [0.1, 0.15) is 11.2 Å². The molecule has 0 spiro atoms. The average Bonchev–Trinajstić information content (AvgIpc) is 3.12. The third-order valence-corrected chi connectivity index (χ3v) is 8.14. The Labute approximate surface area is 259 Å². The molecule has 2 heterocycles. The molecule has 0 fully saturated rings. The summed E-state index contributed by atoms with van der Waals surface area (Å²) in [6, 6.07) is 52.2. The van der Waals surface area contributed by atoms with Gasteiger partial charge >= 0.3 is 0 Å². The zero-order valence-corrected chi connectivity index (χ0v) is 24.2. The normalized spacial score (nSPS) is 11.2. The molecule has 8 aromatic rings. The lowest BCUT2D eigenvalue weighted by Gasteiger charge is -2.15. The molecule has 45 heavy (non-hydrogen) atoms. The summed E-state index contributed by atoms with van der Waals surface area (Å²) in [7, 11) is 0. The lowest BCUT2D eigenvalue weighted by Crippen LogP contribution is -2.02. The summed E-state index contributed by atoms with van der Waals surface area (Å²) < 4.78 is 6.09. The number of hydrogen-bond acceptors (Lipinski definition) is 4. The largest absolute Gasteiger partial charge is 0.456 e. The second-order valence-corrected chi connectivity index (χ2v) is 10.9. The third-order valence-electron chi connectivity index (χ3n) is 8.14. The van der Waals surface area contributed by atoms with Crippen LogP contribution >= 0.6 is 0 Å². The summed E-state index contributed by atoms with van der Waals surface area (Å²) in [4.78, 5) is 23.7. The summed E-state index contributed by atoms with van der Waals surface area (Å²) in [5.74, 6) is 0.645. The standard InChI is InChI=1S/C41H26N2O2/c44-40-34-21-11-12-22-38(34)45-39-24-23-29(25-35(39)40)30-17-7-8-18-31(30)32-19-9-10-20-33(32)41-42-36(27-13-3-1-4-14-27)26-37(43-41)28-15-5-2-6-16-28/h1-26H. The second-order valence-electron chi connectivity index (χ2n) is 10.9. The Hall–Kier alpha value is -6.13. The van der Waals surface area contributed by atoms with Gasteiger partial charge in [-0.3, -0.25) is 4.79 Å². The van der Waals surface area contributed by atoms with E-state index in [9.17, 15) is 4.79 Å². The first-order valence-corrected chi connectivity index (χ1v) is 14.9. The highest BCUT2D eigenvalue weighted by Gasteiger charge is 2.17. The van der Waals surface area contributed by atoms with Crippen molar-refractivity contribution < 1.29 is 4.42 Å². The van der Waals surface area contributed by atoms with E-state index in [2.05, 4.69) is 54.6 Å². The molecule has 212 valence electrons. The van der Waals surface area contributed by atoms with Gasteiger partial charge in [-0.15, -0.1) is 0 Å². The zero-order valence-electron chi connectivity index (χ0n) is 24.2. The fourth-order valence-electron chi connectivity index (χ4n) is 5.93. The molecule has 0 saturated carbocycles. The van der Waals surface area contributed by atoms with Gasteiger partial charge in [-0.1, -0.05) is 127 Å². The fraction of sp³-hybridized carbons (Fsp3) is 0. The van der Waals surface area contributed by atoms with E-state index in [4.69, 9.17) is 14.4 Å². The van der Waals surface area contributed by atoms with Crippen molar-refractivity contribution in [3.8, 4) is 56.2 Å². The maximum atomic E-state index is 13.5. The molecule has 0 amide bonds. The van der Waals surface area contributed by atoms with Gasteiger partial charge in [0.15, 0.2) is 5.82 Å². The molecule has 0 unspecified atom stereocenters. The number of hydrogen-bond donors (Lipinski definition) is 0. The van der Waals surface area contributed by atoms with Crippen molar-refractivity contribution in [3.63, 3.8) is 0 Å². The lowest BCUT2D eigenvalue weighted by atomic mass is 9.91. The van der Waals surface area contributed by atoms with Gasteiger partial charge in [-0.2, -0.15) is 0 Å². The third kappa shape index (κ3) is 4.89. The van der Waals surface area contributed by atoms with Crippen LogP contribution in [0, 0.1) is 0 Å². The molecule has 4 heteroatoms. The van der Waals surface area contributed by atoms with Crippen LogP contribution in [0.15, 0.2) is 167 Å². The highest BCUT2D eigenvalue weighted by atomic mass is 16.3. The number of benzene rings is 6. The number of aromatic nitrogens is 2.